The molecule has 0 heterocycles. The second-order valence-corrected chi connectivity index (χ2v) is 3.42. The van der Waals surface area contributed by atoms with Crippen molar-refractivity contribution in [1.29, 1.82) is 0 Å². The number of phenols is 1. The Hall–Kier alpha value is -0.670. The van der Waals surface area contributed by atoms with Crippen molar-refractivity contribution in [2.75, 3.05) is 5.88 Å². The first-order valence-electron chi connectivity index (χ1n) is 3.76. The van der Waals surface area contributed by atoms with Gasteiger partial charge in [-0.05, 0) is 18.2 Å². The Morgan fingerprint density at radius 2 is 2.23 bits per heavy atom. The van der Waals surface area contributed by atoms with Gasteiger partial charge in [-0.15, -0.1) is 24.2 Å². The summed E-state index contributed by atoms with van der Waals surface area (Å²) in [6, 6.07) is 4.47. The van der Waals surface area contributed by atoms with Gasteiger partial charge in [0.05, 0.1) is 0 Å². The Balaban J connectivity index is 2.99. The summed E-state index contributed by atoms with van der Waals surface area (Å²) < 4.78 is 0. The number of rotatable bonds is 3. The van der Waals surface area contributed by atoms with E-state index in [0.717, 1.165) is 0 Å². The number of carbonyl (C=O) groups is 1. The van der Waals surface area contributed by atoms with Crippen LogP contribution < -0.4 is 0 Å². The molecule has 0 unspecified atom stereocenters. The van der Waals surface area contributed by atoms with Crippen LogP contribution in [0, 0.1) is 0 Å². The average Bonchev–Trinajstić information content (AvgIpc) is 2.09. The molecule has 0 aliphatic rings. The smallest absolute Gasteiger partial charge is 0.165 e. The number of ketones is 1. The molecule has 1 aromatic rings. The Kier molecular flexibility index (Phi) is 3.63. The fourth-order valence-corrected chi connectivity index (χ4v) is 1.40. The molecule has 0 aliphatic carbocycles. The van der Waals surface area contributed by atoms with Crippen LogP contribution >= 0.6 is 24.2 Å². The van der Waals surface area contributed by atoms with Crippen LogP contribution in [0.1, 0.15) is 16.8 Å². The highest BCUT2D eigenvalue weighted by Crippen LogP contribution is 2.21. The van der Waals surface area contributed by atoms with Crippen molar-refractivity contribution in [1.82, 2.24) is 0 Å². The van der Waals surface area contributed by atoms with Crippen molar-refractivity contribution >= 4 is 30.0 Å². The van der Waals surface area contributed by atoms with E-state index in [-0.39, 0.29) is 23.8 Å². The molecule has 0 radical (unpaired) electrons. The lowest BCUT2D eigenvalue weighted by atomic mass is 10.1. The summed E-state index contributed by atoms with van der Waals surface area (Å²) in [5.41, 5.74) is 0.420. The van der Waals surface area contributed by atoms with E-state index in [1.807, 2.05) is 0 Å². The first-order valence-corrected chi connectivity index (χ1v) is 4.74. The Morgan fingerprint density at radius 1 is 1.54 bits per heavy atom. The number of halogens is 1. The molecule has 1 N–H and O–H groups in total. The molecule has 0 bridgehead atoms. The summed E-state index contributed by atoms with van der Waals surface area (Å²) in [5.74, 6) is 0.244. The third-order valence-electron chi connectivity index (χ3n) is 1.60. The molecule has 2 nitrogen and oxygen atoms in total. The van der Waals surface area contributed by atoms with E-state index in [4.69, 9.17) is 16.7 Å². The molecule has 0 fully saturated rings. The number of phenolic OH excluding ortho intramolecular Hbond substituents is 1. The van der Waals surface area contributed by atoms with Crippen LogP contribution in [0.25, 0.3) is 0 Å². The van der Waals surface area contributed by atoms with Gasteiger partial charge in [0.15, 0.2) is 5.78 Å². The largest absolute Gasteiger partial charge is 0.508 e. The minimum Gasteiger partial charge on any atom is -0.508 e. The molecular formula is C9H9ClO2S. The maximum Gasteiger partial charge on any atom is 0.165 e. The van der Waals surface area contributed by atoms with Crippen molar-refractivity contribution in [2.24, 2.45) is 0 Å². The number of thiol groups is 1. The van der Waals surface area contributed by atoms with Crippen LogP contribution in [0.15, 0.2) is 23.1 Å². The van der Waals surface area contributed by atoms with Gasteiger partial charge in [0, 0.05) is 22.8 Å². The molecule has 0 spiro atoms. The van der Waals surface area contributed by atoms with E-state index in [0.29, 0.717) is 10.5 Å². The van der Waals surface area contributed by atoms with Crippen LogP contribution in [0.2, 0.25) is 0 Å². The number of Topliss-reactive ketones (excluding diaryl/α,β-unsaturated/α-hetero) is 1. The predicted octanol–water partition coefficient (Wildman–Crippen LogP) is 2.49. The van der Waals surface area contributed by atoms with Crippen LogP contribution in [-0.2, 0) is 0 Å². The van der Waals surface area contributed by atoms with Gasteiger partial charge >= 0.3 is 0 Å². The zero-order valence-electron chi connectivity index (χ0n) is 6.83. The SMILES string of the molecule is O=C(CCCl)c1cc(O)ccc1S. The molecule has 0 aromatic heterocycles. The van der Waals surface area contributed by atoms with Crippen molar-refractivity contribution in [2.45, 2.75) is 11.3 Å². The Bertz CT molecular complexity index is 325. The van der Waals surface area contributed by atoms with E-state index >= 15 is 0 Å². The maximum absolute atomic E-state index is 11.4. The molecule has 4 heteroatoms. The van der Waals surface area contributed by atoms with Gasteiger partial charge in [-0.3, -0.25) is 4.79 Å². The molecule has 0 saturated carbocycles. The molecule has 1 aromatic carbocycles. The number of carbonyl (C=O) groups excluding carboxylic acids is 1. The second kappa shape index (κ2) is 4.53. The van der Waals surface area contributed by atoms with Crippen LogP contribution in [0.4, 0.5) is 0 Å². The summed E-state index contributed by atoms with van der Waals surface area (Å²) in [4.78, 5) is 11.9. The van der Waals surface area contributed by atoms with E-state index < -0.39 is 0 Å². The zero-order valence-corrected chi connectivity index (χ0v) is 8.48. The zero-order chi connectivity index (χ0) is 9.84. The fraction of sp³-hybridized carbons (Fsp3) is 0.222. The van der Waals surface area contributed by atoms with Crippen LogP contribution in [-0.4, -0.2) is 16.8 Å². The van der Waals surface area contributed by atoms with E-state index in [2.05, 4.69) is 12.6 Å². The van der Waals surface area contributed by atoms with Gasteiger partial charge in [0.25, 0.3) is 0 Å². The summed E-state index contributed by atoms with van der Waals surface area (Å²) in [5, 5.41) is 9.14. The third kappa shape index (κ3) is 2.64. The molecular weight excluding hydrogens is 208 g/mol. The second-order valence-electron chi connectivity index (χ2n) is 2.56. The van der Waals surface area contributed by atoms with Gasteiger partial charge in [-0.25, -0.2) is 0 Å². The normalized spacial score (nSPS) is 10.0. The lowest BCUT2D eigenvalue weighted by Crippen LogP contribution is -2.00. The lowest BCUT2D eigenvalue weighted by molar-refractivity contribution is 0.0986. The van der Waals surface area contributed by atoms with Crippen molar-refractivity contribution in [3.8, 4) is 5.75 Å². The minimum absolute atomic E-state index is 0.0655. The van der Waals surface area contributed by atoms with Crippen molar-refractivity contribution in [3.05, 3.63) is 23.8 Å². The highest BCUT2D eigenvalue weighted by atomic mass is 35.5. The monoisotopic (exact) mass is 216 g/mol. The van der Waals surface area contributed by atoms with Gasteiger partial charge < -0.3 is 5.11 Å². The van der Waals surface area contributed by atoms with E-state index in [9.17, 15) is 4.79 Å². The summed E-state index contributed by atoms with van der Waals surface area (Å²) >= 11 is 9.53. The number of hydrogen-bond acceptors (Lipinski definition) is 3. The summed E-state index contributed by atoms with van der Waals surface area (Å²) in [6.45, 7) is 0. The average molecular weight is 217 g/mol. The van der Waals surface area contributed by atoms with Crippen molar-refractivity contribution in [3.63, 3.8) is 0 Å². The summed E-state index contributed by atoms with van der Waals surface area (Å²) in [7, 11) is 0. The minimum atomic E-state index is -0.101. The first-order chi connectivity index (χ1) is 6.15. The Morgan fingerprint density at radius 3 is 2.85 bits per heavy atom. The molecule has 0 saturated heterocycles. The van der Waals surface area contributed by atoms with Gasteiger partial charge in [0.2, 0.25) is 0 Å². The van der Waals surface area contributed by atoms with Gasteiger partial charge in [0.1, 0.15) is 5.75 Å². The highest BCUT2D eigenvalue weighted by molar-refractivity contribution is 7.80. The summed E-state index contributed by atoms with van der Waals surface area (Å²) in [6.07, 6.45) is 0.262. The molecule has 0 atom stereocenters. The van der Waals surface area contributed by atoms with Crippen LogP contribution in [0.5, 0.6) is 5.75 Å². The quantitative estimate of drug-likeness (QED) is 0.463. The molecule has 0 aliphatic heterocycles. The van der Waals surface area contributed by atoms with Gasteiger partial charge in [-0.1, -0.05) is 0 Å². The fourth-order valence-electron chi connectivity index (χ4n) is 0.968. The molecule has 70 valence electrons. The number of hydrogen-bond donors (Lipinski definition) is 2. The first kappa shape index (κ1) is 10.4. The van der Waals surface area contributed by atoms with Crippen molar-refractivity contribution < 1.29 is 9.90 Å². The molecule has 13 heavy (non-hydrogen) atoms. The lowest BCUT2D eigenvalue weighted by Gasteiger charge is -2.02. The maximum atomic E-state index is 11.4. The van der Waals surface area contributed by atoms with Gasteiger partial charge in [-0.2, -0.15) is 0 Å². The van der Waals surface area contributed by atoms with E-state index in [1.54, 1.807) is 6.07 Å². The standard InChI is InChI=1S/C9H9ClO2S/c10-4-3-8(12)7-5-6(11)1-2-9(7)13/h1-2,5,11,13H,3-4H2. The van der Waals surface area contributed by atoms with Crippen LogP contribution in [0.3, 0.4) is 0 Å². The predicted molar refractivity (Wildman–Crippen MR) is 55.0 cm³/mol. The highest BCUT2D eigenvalue weighted by Gasteiger charge is 2.09. The Labute approximate surface area is 86.9 Å². The third-order valence-corrected chi connectivity index (χ3v) is 2.18. The van der Waals surface area contributed by atoms with E-state index in [1.165, 1.54) is 12.1 Å². The molecule has 1 rings (SSSR count). The topological polar surface area (TPSA) is 37.3 Å². The molecule has 0 amide bonds. The number of alkyl halides is 1. The number of aromatic hydroxyl groups is 1. The number of benzene rings is 1.